The van der Waals surface area contributed by atoms with Crippen LogP contribution in [0.3, 0.4) is 0 Å². The predicted molar refractivity (Wildman–Crippen MR) is 123 cm³/mol. The second-order valence-electron chi connectivity index (χ2n) is 5.82. The van der Waals surface area contributed by atoms with Crippen LogP contribution < -0.4 is 21.5 Å². The highest BCUT2D eigenvalue weighted by Crippen LogP contribution is 2.18. The van der Waals surface area contributed by atoms with Gasteiger partial charge >= 0.3 is 0 Å². The van der Waals surface area contributed by atoms with Gasteiger partial charge in [0.2, 0.25) is 5.91 Å². The van der Waals surface area contributed by atoms with E-state index in [0.717, 1.165) is 22.6 Å². The molecule has 0 aliphatic carbocycles. The van der Waals surface area contributed by atoms with Crippen molar-refractivity contribution in [2.24, 2.45) is 5.92 Å². The molecule has 0 saturated carbocycles. The second-order valence-corrected chi connectivity index (χ2v) is 7.66. The van der Waals surface area contributed by atoms with Crippen molar-refractivity contribution in [3.05, 3.63) is 54.6 Å². The highest BCUT2D eigenvalue weighted by molar-refractivity contribution is 7.98. The van der Waals surface area contributed by atoms with E-state index in [1.54, 1.807) is 11.8 Å². The van der Waals surface area contributed by atoms with Gasteiger partial charge in [-0.2, -0.15) is 12.6 Å². The van der Waals surface area contributed by atoms with Crippen LogP contribution in [0.5, 0.6) is 0 Å². The molecular weight excluding hydrogens is 412 g/mol. The van der Waals surface area contributed by atoms with Crippen LogP contribution in [0.2, 0.25) is 0 Å². The molecular formula is C19H22N4O2S3. The van der Waals surface area contributed by atoms with Crippen LogP contribution in [0.25, 0.3) is 0 Å². The van der Waals surface area contributed by atoms with Gasteiger partial charge in [-0.1, -0.05) is 18.2 Å². The lowest BCUT2D eigenvalue weighted by molar-refractivity contribution is -0.124. The monoisotopic (exact) mass is 434 g/mol. The van der Waals surface area contributed by atoms with Crippen molar-refractivity contribution < 1.29 is 9.59 Å². The van der Waals surface area contributed by atoms with Gasteiger partial charge in [0, 0.05) is 22.7 Å². The topological polar surface area (TPSA) is 82.3 Å². The predicted octanol–water partition coefficient (Wildman–Crippen LogP) is 3.30. The summed E-state index contributed by atoms with van der Waals surface area (Å²) < 4.78 is 0. The largest absolute Gasteiger partial charge is 0.373 e. The Morgan fingerprint density at radius 2 is 1.79 bits per heavy atom. The Bertz CT molecular complexity index is 788. The van der Waals surface area contributed by atoms with Gasteiger partial charge in [-0.15, -0.1) is 11.8 Å². The van der Waals surface area contributed by atoms with Gasteiger partial charge in [-0.05, 0) is 54.9 Å². The number of thiol groups is 1. The summed E-state index contributed by atoms with van der Waals surface area (Å²) >= 11 is 11.2. The maximum Gasteiger partial charge on any atom is 0.239 e. The summed E-state index contributed by atoms with van der Waals surface area (Å²) in [4.78, 5) is 24.6. The molecule has 0 fully saturated rings. The van der Waals surface area contributed by atoms with Crippen LogP contribution in [0.15, 0.2) is 59.5 Å². The molecule has 0 aliphatic rings. The van der Waals surface area contributed by atoms with E-state index in [1.807, 2.05) is 60.9 Å². The van der Waals surface area contributed by atoms with Crippen molar-refractivity contribution in [1.82, 2.24) is 10.9 Å². The highest BCUT2D eigenvalue weighted by Gasteiger charge is 2.21. The van der Waals surface area contributed by atoms with Crippen molar-refractivity contribution in [2.45, 2.75) is 16.7 Å². The zero-order valence-electron chi connectivity index (χ0n) is 15.2. The fourth-order valence-corrected chi connectivity index (χ4v) is 3.18. The van der Waals surface area contributed by atoms with E-state index < -0.39 is 11.3 Å². The van der Waals surface area contributed by atoms with Gasteiger partial charge in [0.05, 0.1) is 11.3 Å². The average molecular weight is 435 g/mol. The van der Waals surface area contributed by atoms with Gasteiger partial charge < -0.3 is 15.4 Å². The van der Waals surface area contributed by atoms with Gasteiger partial charge in [0.15, 0.2) is 5.11 Å². The Morgan fingerprint density at radius 1 is 1.11 bits per heavy atom. The fraction of sp³-hybridized carbons (Fsp3) is 0.211. The van der Waals surface area contributed by atoms with Crippen LogP contribution in [0.4, 0.5) is 11.4 Å². The molecule has 0 bridgehead atoms. The molecule has 0 saturated heterocycles. The molecule has 28 heavy (non-hydrogen) atoms. The van der Waals surface area contributed by atoms with E-state index in [2.05, 4.69) is 34.1 Å². The molecule has 2 atom stereocenters. The number of rotatable bonds is 8. The Balaban J connectivity index is 1.77. The minimum Gasteiger partial charge on any atom is -0.373 e. The Labute approximate surface area is 179 Å². The first-order valence-electron chi connectivity index (χ1n) is 8.46. The number of hydrogen-bond acceptors (Lipinski definition) is 6. The van der Waals surface area contributed by atoms with Crippen molar-refractivity contribution >= 4 is 65.3 Å². The summed E-state index contributed by atoms with van der Waals surface area (Å²) in [5.74, 6) is -0.973. The summed E-state index contributed by atoms with van der Waals surface area (Å²) in [5.41, 5.74) is 6.75. The molecule has 2 rings (SSSR count). The number of amides is 1. The summed E-state index contributed by atoms with van der Waals surface area (Å²) in [6.45, 7) is 0. The summed E-state index contributed by atoms with van der Waals surface area (Å²) in [6, 6.07) is 17.1. The SMILES string of the molecule is CSc1ccc(NC(=S)NNC(=O)CC(C=O)C(S)Nc2ccccc2)cc1. The summed E-state index contributed by atoms with van der Waals surface area (Å²) in [7, 11) is 0. The standard InChI is InChI=1S/C19H22N4O2S3/c1-28-16-9-7-15(8-10-16)21-19(27)23-22-17(25)11-13(12-24)18(26)20-14-5-3-2-4-6-14/h2-10,12-13,18,20,26H,11H2,1H3,(H,22,25)(H2,21,23,27). The first-order chi connectivity index (χ1) is 13.5. The second kappa shape index (κ2) is 11.6. The van der Waals surface area contributed by atoms with Crippen molar-refractivity contribution in [3.63, 3.8) is 0 Å². The Morgan fingerprint density at radius 3 is 2.39 bits per heavy atom. The molecule has 0 spiro atoms. The zero-order valence-corrected chi connectivity index (χ0v) is 17.7. The van der Waals surface area contributed by atoms with Crippen molar-refractivity contribution in [1.29, 1.82) is 0 Å². The number of aldehydes is 1. The first kappa shape index (κ1) is 22.1. The van der Waals surface area contributed by atoms with E-state index in [-0.39, 0.29) is 17.4 Å². The minimum atomic E-state index is -0.606. The lowest BCUT2D eigenvalue weighted by atomic mass is 10.1. The van der Waals surface area contributed by atoms with E-state index in [4.69, 9.17) is 12.2 Å². The number of thiocarbonyl (C=S) groups is 1. The Hall–Kier alpha value is -2.23. The van der Waals surface area contributed by atoms with Gasteiger partial charge in [0.1, 0.15) is 6.29 Å². The molecule has 2 aromatic carbocycles. The molecule has 9 heteroatoms. The maximum atomic E-state index is 12.1. The molecule has 148 valence electrons. The molecule has 1 amide bonds. The number of hydrogen-bond donors (Lipinski definition) is 5. The number of carbonyl (C=O) groups excluding carboxylic acids is 2. The van der Waals surface area contributed by atoms with Crippen LogP contribution in [0.1, 0.15) is 6.42 Å². The van der Waals surface area contributed by atoms with Gasteiger partial charge in [-0.3, -0.25) is 15.6 Å². The van der Waals surface area contributed by atoms with Crippen LogP contribution in [-0.2, 0) is 9.59 Å². The van der Waals surface area contributed by atoms with E-state index in [1.165, 1.54) is 0 Å². The number of anilines is 2. The smallest absolute Gasteiger partial charge is 0.239 e. The number of carbonyl (C=O) groups is 2. The quantitative estimate of drug-likeness (QED) is 0.109. The molecule has 2 aromatic rings. The molecule has 6 nitrogen and oxygen atoms in total. The average Bonchev–Trinajstić information content (AvgIpc) is 2.71. The van der Waals surface area contributed by atoms with E-state index >= 15 is 0 Å². The van der Waals surface area contributed by atoms with Crippen LogP contribution in [0, 0.1) is 5.92 Å². The lowest BCUT2D eigenvalue weighted by Gasteiger charge is -2.20. The summed E-state index contributed by atoms with van der Waals surface area (Å²) in [5, 5.41) is 5.82. The minimum absolute atomic E-state index is 0.0322. The number of thioether (sulfide) groups is 1. The molecule has 0 aromatic heterocycles. The van der Waals surface area contributed by atoms with Crippen molar-refractivity contribution in [2.75, 3.05) is 16.9 Å². The molecule has 0 radical (unpaired) electrons. The number of para-hydroxylation sites is 1. The van der Waals surface area contributed by atoms with Crippen LogP contribution in [-0.4, -0.2) is 28.9 Å². The normalized spacial score (nSPS) is 12.4. The molecule has 0 heterocycles. The lowest BCUT2D eigenvalue weighted by Crippen LogP contribution is -2.45. The Kier molecular flexibility index (Phi) is 9.12. The number of nitrogens with one attached hydrogen (secondary N) is 4. The van der Waals surface area contributed by atoms with Crippen molar-refractivity contribution in [3.8, 4) is 0 Å². The molecule has 2 unspecified atom stereocenters. The van der Waals surface area contributed by atoms with Gasteiger partial charge in [0.25, 0.3) is 0 Å². The van der Waals surface area contributed by atoms with E-state index in [9.17, 15) is 9.59 Å². The third kappa shape index (κ3) is 7.41. The maximum absolute atomic E-state index is 12.1. The number of benzene rings is 2. The zero-order chi connectivity index (χ0) is 20.4. The highest BCUT2D eigenvalue weighted by atomic mass is 32.2. The number of hydrazine groups is 1. The first-order valence-corrected chi connectivity index (χ1v) is 10.6. The molecule has 0 aliphatic heterocycles. The fourth-order valence-electron chi connectivity index (χ4n) is 2.27. The molecule has 4 N–H and O–H groups in total. The van der Waals surface area contributed by atoms with Gasteiger partial charge in [-0.25, -0.2) is 0 Å². The van der Waals surface area contributed by atoms with E-state index in [0.29, 0.717) is 0 Å². The third-order valence-corrected chi connectivity index (χ3v) is 5.21. The van der Waals surface area contributed by atoms with Crippen LogP contribution >= 0.6 is 36.6 Å². The third-order valence-electron chi connectivity index (χ3n) is 3.75. The summed E-state index contributed by atoms with van der Waals surface area (Å²) in [6.07, 6.45) is 2.69.